The van der Waals surface area contributed by atoms with Crippen molar-refractivity contribution in [2.24, 2.45) is 0 Å². The lowest BCUT2D eigenvalue weighted by Crippen LogP contribution is -1.85. The van der Waals surface area contributed by atoms with Crippen LogP contribution in [0.4, 0.5) is 0 Å². The molecule has 0 spiro atoms. The first kappa shape index (κ1) is 19.6. The van der Waals surface area contributed by atoms with Crippen LogP contribution in [0.1, 0.15) is 0 Å². The van der Waals surface area contributed by atoms with E-state index >= 15 is 0 Å². The van der Waals surface area contributed by atoms with Gasteiger partial charge in [-0.15, -0.1) is 0 Å². The average Bonchev–Trinajstić information content (AvgIpc) is 3.28. The Bertz CT molecular complexity index is 1990. The maximum absolute atomic E-state index is 2.38. The van der Waals surface area contributed by atoms with Crippen LogP contribution < -0.4 is 0 Å². The first-order valence-corrected chi connectivity index (χ1v) is 12.5. The van der Waals surface area contributed by atoms with Gasteiger partial charge >= 0.3 is 0 Å². The molecule has 0 fully saturated rings. The first-order chi connectivity index (χ1) is 17.8. The van der Waals surface area contributed by atoms with Crippen LogP contribution in [0.25, 0.3) is 76.8 Å². The molecule has 0 saturated heterocycles. The van der Waals surface area contributed by atoms with Crippen LogP contribution >= 0.6 is 0 Å². The fourth-order valence-corrected chi connectivity index (χ4v) is 6.06. The van der Waals surface area contributed by atoms with Crippen LogP contribution in [0.2, 0.25) is 0 Å². The molecule has 7 aromatic rings. The fourth-order valence-electron chi connectivity index (χ4n) is 6.06. The van der Waals surface area contributed by atoms with Gasteiger partial charge in [-0.3, -0.25) is 0 Å². The second-order valence-electron chi connectivity index (χ2n) is 9.78. The van der Waals surface area contributed by atoms with E-state index in [-0.39, 0.29) is 0 Å². The van der Waals surface area contributed by atoms with E-state index in [1.807, 2.05) is 0 Å². The second kappa shape index (κ2) is 7.41. The smallest absolute Gasteiger partial charge is 0.00259 e. The van der Waals surface area contributed by atoms with E-state index in [1.165, 1.54) is 76.8 Å². The summed E-state index contributed by atoms with van der Waals surface area (Å²) in [6, 6.07) is 49.1. The van der Waals surface area contributed by atoms with Crippen LogP contribution in [0.5, 0.6) is 0 Å². The molecular formula is C36H22. The fraction of sp³-hybridized carbons (Fsp3) is 0. The quantitative estimate of drug-likeness (QED) is 0.228. The largest absolute Gasteiger partial charge is 0.0616 e. The predicted molar refractivity (Wildman–Crippen MR) is 154 cm³/mol. The van der Waals surface area contributed by atoms with Gasteiger partial charge in [-0.05, 0) is 101 Å². The van der Waals surface area contributed by atoms with Gasteiger partial charge in [-0.1, -0.05) is 109 Å². The third-order valence-corrected chi connectivity index (χ3v) is 7.76. The third-order valence-electron chi connectivity index (χ3n) is 7.76. The number of benzene rings is 7. The van der Waals surface area contributed by atoms with Gasteiger partial charge in [0.05, 0.1) is 0 Å². The third kappa shape index (κ3) is 2.82. The Morgan fingerprint density at radius 1 is 0.278 bits per heavy atom. The highest BCUT2D eigenvalue weighted by Gasteiger charge is 2.21. The van der Waals surface area contributed by atoms with Crippen molar-refractivity contribution in [2.45, 2.75) is 0 Å². The van der Waals surface area contributed by atoms with Gasteiger partial charge in [-0.2, -0.15) is 0 Å². The van der Waals surface area contributed by atoms with Gasteiger partial charge < -0.3 is 0 Å². The van der Waals surface area contributed by atoms with Crippen LogP contribution in [0, 0.1) is 0 Å². The van der Waals surface area contributed by atoms with Gasteiger partial charge in [0.25, 0.3) is 0 Å². The minimum absolute atomic E-state index is 1.24. The van der Waals surface area contributed by atoms with Crippen molar-refractivity contribution in [1.29, 1.82) is 0 Å². The molecule has 0 saturated carbocycles. The highest BCUT2D eigenvalue weighted by molar-refractivity contribution is 6.16. The molecule has 0 bridgehead atoms. The van der Waals surface area contributed by atoms with Crippen LogP contribution in [0.3, 0.4) is 0 Å². The summed E-state index contributed by atoms with van der Waals surface area (Å²) >= 11 is 0. The van der Waals surface area contributed by atoms with E-state index < -0.39 is 0 Å². The minimum atomic E-state index is 1.24. The summed E-state index contributed by atoms with van der Waals surface area (Å²) < 4.78 is 0. The number of fused-ring (bicyclic) bond motifs is 6. The Morgan fingerprint density at radius 3 is 1.81 bits per heavy atom. The van der Waals surface area contributed by atoms with E-state index in [4.69, 9.17) is 0 Å². The highest BCUT2D eigenvalue weighted by Crippen LogP contribution is 2.48. The normalized spacial score (nSPS) is 11.9. The zero-order chi connectivity index (χ0) is 23.6. The maximum Gasteiger partial charge on any atom is -0.00259 e. The Hall–Kier alpha value is -4.68. The van der Waals surface area contributed by atoms with Crippen molar-refractivity contribution < 1.29 is 0 Å². The van der Waals surface area contributed by atoms with Crippen LogP contribution in [-0.2, 0) is 0 Å². The summed E-state index contributed by atoms with van der Waals surface area (Å²) in [5.74, 6) is 0. The molecule has 166 valence electrons. The summed E-state index contributed by atoms with van der Waals surface area (Å²) in [7, 11) is 0. The lowest BCUT2D eigenvalue weighted by molar-refractivity contribution is 1.61. The van der Waals surface area contributed by atoms with Gasteiger partial charge in [0.15, 0.2) is 0 Å². The molecule has 0 heteroatoms. The van der Waals surface area contributed by atoms with E-state index in [9.17, 15) is 0 Å². The zero-order valence-electron chi connectivity index (χ0n) is 19.7. The molecule has 0 atom stereocenters. The van der Waals surface area contributed by atoms with Crippen molar-refractivity contribution >= 4 is 32.3 Å². The first-order valence-electron chi connectivity index (χ1n) is 12.5. The molecule has 0 unspecified atom stereocenters. The topological polar surface area (TPSA) is 0 Å². The average molecular weight is 455 g/mol. The molecule has 0 N–H and O–H groups in total. The van der Waals surface area contributed by atoms with Crippen LogP contribution in [0.15, 0.2) is 133 Å². The molecule has 0 heterocycles. The summed E-state index contributed by atoms with van der Waals surface area (Å²) in [6.45, 7) is 0. The van der Waals surface area contributed by atoms with Crippen molar-refractivity contribution in [3.8, 4) is 44.5 Å². The number of rotatable bonds is 2. The summed E-state index contributed by atoms with van der Waals surface area (Å²) in [5.41, 5.74) is 10.4. The Balaban J connectivity index is 1.28. The predicted octanol–water partition coefficient (Wildman–Crippen LogP) is 10.1. The lowest BCUT2D eigenvalue weighted by Gasteiger charge is -2.11. The van der Waals surface area contributed by atoms with Crippen molar-refractivity contribution in [2.75, 3.05) is 0 Å². The standard InChI is InChI=1S/C36H22/c1-2-11-30-23(7-1)15-16-27-20-26(17-18-31(27)30)24-8-5-9-25(19-24)29-21-28-10-6-14-34-32-12-3-4-13-33(32)35(22-29)36(28)34/h1-22H. The summed E-state index contributed by atoms with van der Waals surface area (Å²) in [4.78, 5) is 0. The second-order valence-corrected chi connectivity index (χ2v) is 9.78. The molecule has 7 aromatic carbocycles. The van der Waals surface area contributed by atoms with Gasteiger partial charge in [0.2, 0.25) is 0 Å². The van der Waals surface area contributed by atoms with Crippen molar-refractivity contribution in [3.63, 3.8) is 0 Å². The summed E-state index contributed by atoms with van der Waals surface area (Å²) in [5, 5.41) is 7.86. The number of hydrogen-bond acceptors (Lipinski definition) is 0. The molecular weight excluding hydrogens is 432 g/mol. The highest BCUT2D eigenvalue weighted by atomic mass is 14.2. The maximum atomic E-state index is 2.38. The van der Waals surface area contributed by atoms with Gasteiger partial charge in [-0.25, -0.2) is 0 Å². The zero-order valence-corrected chi connectivity index (χ0v) is 19.7. The monoisotopic (exact) mass is 454 g/mol. The van der Waals surface area contributed by atoms with Gasteiger partial charge in [0, 0.05) is 0 Å². The van der Waals surface area contributed by atoms with E-state index in [0.717, 1.165) is 0 Å². The minimum Gasteiger partial charge on any atom is -0.0616 e. The van der Waals surface area contributed by atoms with Crippen molar-refractivity contribution in [1.82, 2.24) is 0 Å². The Labute approximate surface area is 210 Å². The van der Waals surface area contributed by atoms with E-state index in [2.05, 4.69) is 133 Å². The molecule has 36 heavy (non-hydrogen) atoms. The number of hydrogen-bond donors (Lipinski definition) is 0. The molecule has 8 rings (SSSR count). The lowest BCUT2D eigenvalue weighted by atomic mass is 9.93. The molecule has 0 radical (unpaired) electrons. The van der Waals surface area contributed by atoms with E-state index in [0.29, 0.717) is 0 Å². The molecule has 1 aliphatic carbocycles. The molecule has 0 aliphatic heterocycles. The molecule has 1 aliphatic rings. The Kier molecular flexibility index (Phi) is 4.03. The molecule has 0 nitrogen and oxygen atoms in total. The van der Waals surface area contributed by atoms with Gasteiger partial charge in [0.1, 0.15) is 0 Å². The van der Waals surface area contributed by atoms with Crippen LogP contribution in [-0.4, -0.2) is 0 Å². The molecule has 0 aromatic heterocycles. The van der Waals surface area contributed by atoms with E-state index in [1.54, 1.807) is 0 Å². The Morgan fingerprint density at radius 2 is 0.889 bits per heavy atom. The summed E-state index contributed by atoms with van der Waals surface area (Å²) in [6.07, 6.45) is 0. The van der Waals surface area contributed by atoms with Crippen molar-refractivity contribution in [3.05, 3.63) is 133 Å². The molecule has 0 amide bonds. The SMILES string of the molecule is c1cc(-c2cc3c4c(cccc4c2)-c2ccccc2-3)cc(-c2ccc3c(ccc4ccccc43)c2)c1.